The normalized spacial score (nSPS) is 10.1. The number of nitrogens with two attached hydrogens (primary N) is 2. The second-order valence-electron chi connectivity index (χ2n) is 11.7. The lowest BCUT2D eigenvalue weighted by Gasteiger charge is -2.07. The van der Waals surface area contributed by atoms with Crippen molar-refractivity contribution >= 4 is 39.0 Å². The van der Waals surface area contributed by atoms with E-state index in [4.69, 9.17) is 21.0 Å². The Hall–Kier alpha value is -6.56. The number of rotatable bonds is 5. The van der Waals surface area contributed by atoms with Gasteiger partial charge in [-0.05, 0) is 72.1 Å². The smallest absolute Gasteiger partial charge is 0.135 e. The second-order valence-corrected chi connectivity index (χ2v) is 11.7. The molecule has 0 aliphatic carbocycles. The van der Waals surface area contributed by atoms with Gasteiger partial charge in [-0.15, -0.1) is 0 Å². The fourth-order valence-electron chi connectivity index (χ4n) is 5.56. The molecule has 0 aliphatic rings. The Morgan fingerprint density at radius 3 is 1.51 bits per heavy atom. The van der Waals surface area contributed by atoms with Gasteiger partial charge in [0.15, 0.2) is 0 Å². The number of benzene rings is 7. The SMILES string of the molecule is CN.Cc1ccc2c(c1)oc1ccccc12.N=C(c1ccccc1)c1cccc(-c2ccccc2)c1.N=C(c1ccccc1)c1cccc(N)c1. The lowest BCUT2D eigenvalue weighted by Crippen LogP contribution is -2.01. The van der Waals surface area contributed by atoms with Crippen molar-refractivity contribution in [2.24, 2.45) is 5.73 Å². The fraction of sp³-hybridized carbons (Fsp3) is 0.0435. The Morgan fingerprint density at radius 2 is 0.902 bits per heavy atom. The third-order valence-electron chi connectivity index (χ3n) is 8.09. The van der Waals surface area contributed by atoms with E-state index in [9.17, 15) is 0 Å². The molecule has 8 rings (SSSR count). The highest BCUT2D eigenvalue weighted by Gasteiger charge is 2.07. The Labute approximate surface area is 299 Å². The van der Waals surface area contributed by atoms with Crippen LogP contribution in [0, 0.1) is 17.7 Å². The maximum Gasteiger partial charge on any atom is 0.135 e. The Morgan fingerprint density at radius 1 is 0.431 bits per heavy atom. The van der Waals surface area contributed by atoms with Crippen LogP contribution in [0.2, 0.25) is 0 Å². The van der Waals surface area contributed by atoms with Gasteiger partial charge in [0, 0.05) is 27.6 Å². The maximum absolute atomic E-state index is 8.33. The van der Waals surface area contributed by atoms with E-state index in [0.717, 1.165) is 39.0 Å². The quantitative estimate of drug-likeness (QED) is 0.108. The van der Waals surface area contributed by atoms with Crippen LogP contribution >= 0.6 is 0 Å². The largest absolute Gasteiger partial charge is 0.456 e. The number of aryl methyl sites for hydroxylation is 1. The van der Waals surface area contributed by atoms with Crippen LogP contribution in [0.1, 0.15) is 27.8 Å². The molecule has 1 heterocycles. The summed E-state index contributed by atoms with van der Waals surface area (Å²) in [5, 5.41) is 18.7. The third-order valence-corrected chi connectivity index (χ3v) is 8.09. The number of nitrogens with one attached hydrogen (secondary N) is 2. The molecule has 0 atom stereocenters. The summed E-state index contributed by atoms with van der Waals surface area (Å²) in [6.45, 7) is 2.08. The summed E-state index contributed by atoms with van der Waals surface area (Å²) >= 11 is 0. The van der Waals surface area contributed by atoms with E-state index in [2.05, 4.69) is 61.2 Å². The van der Waals surface area contributed by atoms with Crippen molar-refractivity contribution in [2.75, 3.05) is 12.8 Å². The van der Waals surface area contributed by atoms with Crippen molar-refractivity contribution in [3.05, 3.63) is 210 Å². The highest BCUT2D eigenvalue weighted by molar-refractivity contribution is 6.12. The minimum atomic E-state index is 0.503. The van der Waals surface area contributed by atoms with Crippen LogP contribution in [0.5, 0.6) is 0 Å². The van der Waals surface area contributed by atoms with E-state index < -0.39 is 0 Å². The van der Waals surface area contributed by atoms with Gasteiger partial charge >= 0.3 is 0 Å². The van der Waals surface area contributed by atoms with Crippen LogP contribution in [0.25, 0.3) is 33.1 Å². The van der Waals surface area contributed by atoms with Crippen molar-refractivity contribution in [1.82, 2.24) is 0 Å². The van der Waals surface area contributed by atoms with Crippen LogP contribution in [0.3, 0.4) is 0 Å². The number of nitrogen functional groups attached to an aromatic ring is 1. The molecule has 5 nitrogen and oxygen atoms in total. The molecule has 8 aromatic rings. The summed E-state index contributed by atoms with van der Waals surface area (Å²) in [6.07, 6.45) is 0. The first-order chi connectivity index (χ1) is 25.0. The average Bonchev–Trinajstić information content (AvgIpc) is 3.57. The van der Waals surface area contributed by atoms with Crippen LogP contribution in [0.15, 0.2) is 186 Å². The van der Waals surface area contributed by atoms with Crippen LogP contribution in [-0.2, 0) is 0 Å². The van der Waals surface area contributed by atoms with Crippen molar-refractivity contribution in [3.63, 3.8) is 0 Å². The number of hydrogen-bond acceptors (Lipinski definition) is 5. The maximum atomic E-state index is 8.33. The zero-order valence-electron chi connectivity index (χ0n) is 28.9. The summed E-state index contributed by atoms with van der Waals surface area (Å²) in [4.78, 5) is 0. The molecule has 0 spiro atoms. The minimum absolute atomic E-state index is 0.503. The van der Waals surface area contributed by atoms with E-state index in [0.29, 0.717) is 17.1 Å². The van der Waals surface area contributed by atoms with Crippen LogP contribution in [0.4, 0.5) is 5.69 Å². The monoisotopic (exact) mass is 666 g/mol. The first-order valence-corrected chi connectivity index (χ1v) is 16.7. The van der Waals surface area contributed by atoms with Gasteiger partial charge in [-0.2, -0.15) is 0 Å². The molecule has 0 fully saturated rings. The topological polar surface area (TPSA) is 113 Å². The molecular weight excluding hydrogens is 625 g/mol. The van der Waals surface area contributed by atoms with E-state index >= 15 is 0 Å². The molecule has 0 aliphatic heterocycles. The van der Waals surface area contributed by atoms with E-state index in [-0.39, 0.29) is 0 Å². The molecule has 5 heteroatoms. The molecular formula is C46H42N4O. The molecule has 51 heavy (non-hydrogen) atoms. The van der Waals surface area contributed by atoms with Gasteiger partial charge in [0.1, 0.15) is 11.2 Å². The lowest BCUT2D eigenvalue weighted by molar-refractivity contribution is 0.668. The van der Waals surface area contributed by atoms with Gasteiger partial charge in [0.2, 0.25) is 0 Å². The standard InChI is InChI=1S/C19H15N.C13H12N2.C13H10O.CH5N/c20-19(16-10-5-2-6-11-16)18-13-7-12-17(14-18)15-8-3-1-4-9-15;14-12-8-4-7-11(9-12)13(15)10-5-2-1-3-6-10;1-9-6-7-11-10-4-2-3-5-12(10)14-13(11)8-9;1-2/h1-14,20H;1-9,15H,14H2;2-8H,1H3;2H2,1H3. The summed E-state index contributed by atoms with van der Waals surface area (Å²) in [5.41, 5.74) is 21.1. The predicted molar refractivity (Wildman–Crippen MR) is 216 cm³/mol. The summed E-state index contributed by atoms with van der Waals surface area (Å²) in [5.74, 6) is 0. The Bertz CT molecular complexity index is 2330. The molecule has 0 radical (unpaired) electrons. The van der Waals surface area contributed by atoms with Gasteiger partial charge in [0.05, 0.1) is 11.4 Å². The zero-order chi connectivity index (χ0) is 36.0. The van der Waals surface area contributed by atoms with Gasteiger partial charge in [-0.1, -0.05) is 152 Å². The van der Waals surface area contributed by atoms with E-state index in [1.165, 1.54) is 28.9 Å². The molecule has 0 unspecified atom stereocenters. The predicted octanol–water partition coefficient (Wildman–Crippen LogP) is 10.9. The number of hydrogen-bond donors (Lipinski definition) is 4. The summed E-state index contributed by atoms with van der Waals surface area (Å²) < 4.78 is 5.73. The average molecular weight is 667 g/mol. The van der Waals surface area contributed by atoms with Crippen molar-refractivity contribution < 1.29 is 4.42 Å². The second kappa shape index (κ2) is 17.7. The molecule has 252 valence electrons. The molecule has 7 aromatic carbocycles. The van der Waals surface area contributed by atoms with Crippen molar-refractivity contribution in [2.45, 2.75) is 6.92 Å². The molecule has 0 saturated heterocycles. The van der Waals surface area contributed by atoms with Gasteiger partial charge < -0.3 is 15.9 Å². The summed E-state index contributed by atoms with van der Waals surface area (Å²) in [6, 6.07) is 59.7. The molecule has 1 aromatic heterocycles. The Balaban J connectivity index is 0.000000147. The number of anilines is 1. The zero-order valence-corrected chi connectivity index (χ0v) is 28.9. The Kier molecular flexibility index (Phi) is 12.4. The van der Waals surface area contributed by atoms with Crippen molar-refractivity contribution in [3.8, 4) is 11.1 Å². The molecule has 6 N–H and O–H groups in total. The minimum Gasteiger partial charge on any atom is -0.456 e. The van der Waals surface area contributed by atoms with E-state index in [1.807, 2.05) is 133 Å². The number of fused-ring (bicyclic) bond motifs is 3. The first-order valence-electron chi connectivity index (χ1n) is 16.7. The third kappa shape index (κ3) is 9.33. The first kappa shape index (κ1) is 35.7. The highest BCUT2D eigenvalue weighted by atomic mass is 16.3. The van der Waals surface area contributed by atoms with Crippen LogP contribution in [-0.4, -0.2) is 18.5 Å². The highest BCUT2D eigenvalue weighted by Crippen LogP contribution is 2.28. The molecule has 0 amide bonds. The van der Waals surface area contributed by atoms with Gasteiger partial charge in [-0.25, -0.2) is 0 Å². The molecule has 0 bridgehead atoms. The number of furan rings is 1. The van der Waals surface area contributed by atoms with Gasteiger partial charge in [0.25, 0.3) is 0 Å². The van der Waals surface area contributed by atoms with Crippen LogP contribution < -0.4 is 11.5 Å². The molecule has 0 saturated carbocycles. The fourth-order valence-corrected chi connectivity index (χ4v) is 5.56. The van der Waals surface area contributed by atoms with E-state index in [1.54, 1.807) is 0 Å². The van der Waals surface area contributed by atoms with Gasteiger partial charge in [-0.3, -0.25) is 10.8 Å². The summed E-state index contributed by atoms with van der Waals surface area (Å²) in [7, 11) is 1.50. The number of para-hydroxylation sites is 1. The lowest BCUT2D eigenvalue weighted by atomic mass is 9.98. The van der Waals surface area contributed by atoms with Crippen molar-refractivity contribution in [1.29, 1.82) is 10.8 Å².